The Morgan fingerprint density at radius 1 is 1.47 bits per heavy atom. The molecule has 2 rings (SSSR count). The van der Waals surface area contributed by atoms with Crippen LogP contribution >= 0.6 is 0 Å². The summed E-state index contributed by atoms with van der Waals surface area (Å²) in [4.78, 5) is 21.6. The molecule has 1 aromatic rings. The molecule has 0 bridgehead atoms. The van der Waals surface area contributed by atoms with Crippen molar-refractivity contribution < 1.29 is 24.2 Å². The zero-order chi connectivity index (χ0) is 12.6. The van der Waals surface area contributed by atoms with Gasteiger partial charge in [-0.05, 0) is 24.5 Å². The third-order valence-electron chi connectivity index (χ3n) is 3.14. The van der Waals surface area contributed by atoms with E-state index in [1.54, 1.807) is 12.1 Å². The van der Waals surface area contributed by atoms with E-state index in [9.17, 15) is 9.59 Å². The summed E-state index contributed by atoms with van der Waals surface area (Å²) in [5.41, 5.74) is 0. The molecule has 0 amide bonds. The average Bonchev–Trinajstić information content (AvgIpc) is 2.78. The number of rotatable bonds is 5. The van der Waals surface area contributed by atoms with E-state index in [2.05, 4.69) is 6.92 Å². The molecule has 1 heterocycles. The lowest BCUT2D eigenvalue weighted by Gasteiger charge is -2.06. The molecule has 1 saturated carbocycles. The highest BCUT2D eigenvalue weighted by Gasteiger charge is 2.37. The van der Waals surface area contributed by atoms with E-state index < -0.39 is 24.3 Å². The molecule has 92 valence electrons. The van der Waals surface area contributed by atoms with Gasteiger partial charge in [0.2, 0.25) is 0 Å². The van der Waals surface area contributed by atoms with Crippen LogP contribution in [0, 0.1) is 5.92 Å². The number of carboxylic acids is 2. The van der Waals surface area contributed by atoms with Crippen molar-refractivity contribution in [3.05, 3.63) is 23.7 Å². The summed E-state index contributed by atoms with van der Waals surface area (Å²) in [6.45, 7) is 2.10. The second kappa shape index (κ2) is 4.24. The summed E-state index contributed by atoms with van der Waals surface area (Å²) < 4.78 is 5.46. The number of furan rings is 1. The van der Waals surface area contributed by atoms with Gasteiger partial charge >= 0.3 is 11.9 Å². The Bertz CT molecular complexity index is 448. The number of hydrogen-bond donors (Lipinski definition) is 2. The molecule has 2 N–H and O–H groups in total. The van der Waals surface area contributed by atoms with Crippen LogP contribution in [0.25, 0.3) is 0 Å². The van der Waals surface area contributed by atoms with Crippen LogP contribution in [-0.4, -0.2) is 22.2 Å². The largest absolute Gasteiger partial charge is 0.481 e. The molecule has 1 aliphatic rings. The summed E-state index contributed by atoms with van der Waals surface area (Å²) in [7, 11) is 0. The third-order valence-corrected chi connectivity index (χ3v) is 3.14. The lowest BCUT2D eigenvalue weighted by molar-refractivity contribution is -0.145. The minimum Gasteiger partial charge on any atom is -0.481 e. The molecule has 1 fully saturated rings. The van der Waals surface area contributed by atoms with E-state index in [1.807, 2.05) is 0 Å². The van der Waals surface area contributed by atoms with Gasteiger partial charge in [-0.3, -0.25) is 9.59 Å². The van der Waals surface area contributed by atoms with Crippen LogP contribution < -0.4 is 0 Å². The minimum absolute atomic E-state index is 0.231. The monoisotopic (exact) mass is 238 g/mol. The minimum atomic E-state index is -1.17. The van der Waals surface area contributed by atoms with Gasteiger partial charge < -0.3 is 14.6 Å². The maximum Gasteiger partial charge on any atom is 0.314 e. The fourth-order valence-corrected chi connectivity index (χ4v) is 1.96. The Morgan fingerprint density at radius 2 is 2.12 bits per heavy atom. The quantitative estimate of drug-likeness (QED) is 0.819. The molecule has 0 aromatic carbocycles. The van der Waals surface area contributed by atoms with Gasteiger partial charge in [-0.15, -0.1) is 0 Å². The van der Waals surface area contributed by atoms with E-state index in [0.717, 1.165) is 12.2 Å². The Labute approximate surface area is 98.1 Å². The van der Waals surface area contributed by atoms with Gasteiger partial charge in [0, 0.05) is 5.92 Å². The second-order valence-electron chi connectivity index (χ2n) is 4.55. The van der Waals surface area contributed by atoms with Crippen molar-refractivity contribution in [3.63, 3.8) is 0 Å². The first-order chi connectivity index (χ1) is 7.99. The van der Waals surface area contributed by atoms with Crippen molar-refractivity contribution in [2.45, 2.75) is 31.6 Å². The topological polar surface area (TPSA) is 87.7 Å². The molecule has 0 saturated heterocycles. The summed E-state index contributed by atoms with van der Waals surface area (Å²) in [6.07, 6.45) is 0.589. The molecule has 0 aliphatic heterocycles. The van der Waals surface area contributed by atoms with Crippen LogP contribution in [0.4, 0.5) is 0 Å². The standard InChI is InChI=1S/C12H14O5/c1-6-4-7(6)9-2-3-10(17-9)8(12(15)16)5-11(13)14/h2-3,6-8H,4-5H2,1H3,(H,13,14)(H,15,16). The molecule has 1 aliphatic carbocycles. The summed E-state index contributed by atoms with van der Waals surface area (Å²) in [5, 5.41) is 17.6. The maximum absolute atomic E-state index is 11.0. The van der Waals surface area contributed by atoms with Gasteiger partial charge in [0.25, 0.3) is 0 Å². The molecule has 5 nitrogen and oxygen atoms in total. The smallest absolute Gasteiger partial charge is 0.314 e. The summed E-state index contributed by atoms with van der Waals surface area (Å²) in [6, 6.07) is 3.32. The highest BCUT2D eigenvalue weighted by atomic mass is 16.4. The van der Waals surface area contributed by atoms with Crippen molar-refractivity contribution in [2.24, 2.45) is 5.92 Å². The maximum atomic E-state index is 11.0. The van der Waals surface area contributed by atoms with E-state index in [0.29, 0.717) is 11.8 Å². The molecule has 0 radical (unpaired) electrons. The number of aliphatic carboxylic acids is 2. The van der Waals surface area contributed by atoms with E-state index >= 15 is 0 Å². The van der Waals surface area contributed by atoms with Gasteiger partial charge in [0.15, 0.2) is 0 Å². The molecular formula is C12H14O5. The number of carboxylic acid groups (broad SMARTS) is 2. The molecule has 5 heteroatoms. The first-order valence-electron chi connectivity index (χ1n) is 5.53. The van der Waals surface area contributed by atoms with Crippen molar-refractivity contribution >= 4 is 11.9 Å². The van der Waals surface area contributed by atoms with Crippen LogP contribution in [-0.2, 0) is 9.59 Å². The van der Waals surface area contributed by atoms with Gasteiger partial charge in [-0.1, -0.05) is 6.92 Å². The molecule has 0 spiro atoms. The fraction of sp³-hybridized carbons (Fsp3) is 0.500. The van der Waals surface area contributed by atoms with E-state index in [4.69, 9.17) is 14.6 Å². The van der Waals surface area contributed by atoms with Crippen LogP contribution in [0.15, 0.2) is 16.5 Å². The normalized spacial score (nSPS) is 24.3. The predicted octanol–water partition coefficient (Wildman–Crippen LogP) is 2.05. The lowest BCUT2D eigenvalue weighted by Crippen LogP contribution is -2.15. The van der Waals surface area contributed by atoms with Crippen LogP contribution in [0.1, 0.15) is 43.1 Å². The second-order valence-corrected chi connectivity index (χ2v) is 4.55. The Kier molecular flexibility index (Phi) is 2.92. The van der Waals surface area contributed by atoms with Crippen molar-refractivity contribution in [1.82, 2.24) is 0 Å². The van der Waals surface area contributed by atoms with Gasteiger partial charge in [-0.2, -0.15) is 0 Å². The molecule has 3 unspecified atom stereocenters. The Hall–Kier alpha value is -1.78. The number of carbonyl (C=O) groups is 2. The van der Waals surface area contributed by atoms with Crippen LogP contribution in [0.3, 0.4) is 0 Å². The molecular weight excluding hydrogens is 224 g/mol. The highest BCUT2D eigenvalue weighted by Crippen LogP contribution is 2.47. The van der Waals surface area contributed by atoms with Gasteiger partial charge in [0.1, 0.15) is 17.4 Å². The zero-order valence-corrected chi connectivity index (χ0v) is 9.42. The summed E-state index contributed by atoms with van der Waals surface area (Å²) in [5.74, 6) is -1.49. The first kappa shape index (κ1) is 11.7. The van der Waals surface area contributed by atoms with Crippen LogP contribution in [0.5, 0.6) is 0 Å². The van der Waals surface area contributed by atoms with Crippen LogP contribution in [0.2, 0.25) is 0 Å². The fourth-order valence-electron chi connectivity index (χ4n) is 1.96. The lowest BCUT2D eigenvalue weighted by atomic mass is 10.0. The Morgan fingerprint density at radius 3 is 2.59 bits per heavy atom. The van der Waals surface area contributed by atoms with Crippen molar-refractivity contribution in [2.75, 3.05) is 0 Å². The van der Waals surface area contributed by atoms with Gasteiger partial charge in [-0.25, -0.2) is 0 Å². The molecule has 3 atom stereocenters. The highest BCUT2D eigenvalue weighted by molar-refractivity contribution is 5.81. The average molecular weight is 238 g/mol. The number of hydrogen-bond acceptors (Lipinski definition) is 3. The SMILES string of the molecule is CC1CC1c1ccc(C(CC(=O)O)C(=O)O)o1. The zero-order valence-electron chi connectivity index (χ0n) is 9.42. The Balaban J connectivity index is 2.15. The third kappa shape index (κ3) is 2.49. The molecule has 1 aromatic heterocycles. The van der Waals surface area contributed by atoms with E-state index in [-0.39, 0.29) is 5.76 Å². The molecule has 17 heavy (non-hydrogen) atoms. The predicted molar refractivity (Wildman–Crippen MR) is 57.9 cm³/mol. The van der Waals surface area contributed by atoms with Crippen molar-refractivity contribution in [3.8, 4) is 0 Å². The summed E-state index contributed by atoms with van der Waals surface area (Å²) >= 11 is 0. The van der Waals surface area contributed by atoms with Gasteiger partial charge in [0.05, 0.1) is 6.42 Å². The van der Waals surface area contributed by atoms with E-state index in [1.165, 1.54) is 0 Å². The first-order valence-corrected chi connectivity index (χ1v) is 5.53. The van der Waals surface area contributed by atoms with Crippen molar-refractivity contribution in [1.29, 1.82) is 0 Å².